The summed E-state index contributed by atoms with van der Waals surface area (Å²) in [6.07, 6.45) is 0.465. The minimum absolute atomic E-state index is 0.149. The summed E-state index contributed by atoms with van der Waals surface area (Å²) in [6, 6.07) is 5.28. The fraction of sp³-hybridized carbons (Fsp3) is 0.273. The molecule has 164 valence electrons. The third-order valence-corrected chi connectivity index (χ3v) is 6.57. The number of thiazole rings is 1. The van der Waals surface area contributed by atoms with Gasteiger partial charge in [-0.15, -0.1) is 11.3 Å². The Balaban J connectivity index is 1.60. The zero-order chi connectivity index (χ0) is 22.6. The van der Waals surface area contributed by atoms with Crippen LogP contribution in [0.4, 0.5) is 9.18 Å². The molecule has 3 heterocycles. The number of ether oxygens (including phenoxy) is 2. The first-order valence-corrected chi connectivity index (χ1v) is 10.7. The van der Waals surface area contributed by atoms with Crippen molar-refractivity contribution in [3.63, 3.8) is 0 Å². The molecule has 0 fully saturated rings. The SMILES string of the molecule is COc1cnc2c(-c3nc4cc(F)c5c(c4s3)CC(CN(C)C(=O)O)O5)cc(C)cc2n1. The molecule has 1 aliphatic heterocycles. The van der Waals surface area contributed by atoms with Gasteiger partial charge in [0.15, 0.2) is 11.6 Å². The molecule has 0 spiro atoms. The zero-order valence-corrected chi connectivity index (χ0v) is 18.4. The molecule has 0 saturated carbocycles. The van der Waals surface area contributed by atoms with Crippen LogP contribution in [0.25, 0.3) is 31.8 Å². The Morgan fingerprint density at radius 2 is 2.16 bits per heavy atom. The Bertz CT molecular complexity index is 1390. The molecule has 8 nitrogen and oxygen atoms in total. The second kappa shape index (κ2) is 7.56. The van der Waals surface area contributed by atoms with Crippen LogP contribution in [0, 0.1) is 12.7 Å². The molecule has 10 heteroatoms. The number of methoxy groups -OCH3 is 1. The van der Waals surface area contributed by atoms with Gasteiger partial charge in [-0.25, -0.2) is 24.1 Å². The van der Waals surface area contributed by atoms with E-state index in [4.69, 9.17) is 14.6 Å². The van der Waals surface area contributed by atoms with Crippen LogP contribution in [-0.2, 0) is 6.42 Å². The van der Waals surface area contributed by atoms with Gasteiger partial charge in [0.05, 0.1) is 41.1 Å². The molecule has 0 aliphatic carbocycles. The van der Waals surface area contributed by atoms with Crippen molar-refractivity contribution in [2.75, 3.05) is 20.7 Å². The van der Waals surface area contributed by atoms with E-state index in [0.29, 0.717) is 33.9 Å². The third-order valence-electron chi connectivity index (χ3n) is 5.41. The Morgan fingerprint density at radius 1 is 1.34 bits per heavy atom. The van der Waals surface area contributed by atoms with E-state index in [1.807, 2.05) is 19.1 Å². The van der Waals surface area contributed by atoms with Crippen molar-refractivity contribution in [2.24, 2.45) is 0 Å². The molecule has 2 aromatic heterocycles. The van der Waals surface area contributed by atoms with Crippen LogP contribution < -0.4 is 9.47 Å². The highest BCUT2D eigenvalue weighted by molar-refractivity contribution is 7.22. The maximum absolute atomic E-state index is 14.8. The minimum atomic E-state index is -1.06. The number of halogens is 1. The first kappa shape index (κ1) is 20.4. The average Bonchev–Trinajstić information content (AvgIpc) is 3.36. The number of amides is 1. The predicted octanol–water partition coefficient (Wildman–Crippen LogP) is 4.28. The third kappa shape index (κ3) is 3.36. The van der Waals surface area contributed by atoms with Gasteiger partial charge >= 0.3 is 6.09 Å². The molecule has 32 heavy (non-hydrogen) atoms. The average molecular weight is 454 g/mol. The van der Waals surface area contributed by atoms with Gasteiger partial charge in [-0.1, -0.05) is 0 Å². The van der Waals surface area contributed by atoms with Gasteiger partial charge in [0.2, 0.25) is 5.88 Å². The van der Waals surface area contributed by atoms with Crippen molar-refractivity contribution >= 4 is 38.7 Å². The van der Waals surface area contributed by atoms with Gasteiger partial charge in [0.1, 0.15) is 11.1 Å². The lowest BCUT2D eigenvalue weighted by molar-refractivity contribution is 0.127. The molecule has 1 aliphatic rings. The second-order valence-electron chi connectivity index (χ2n) is 7.73. The number of aryl methyl sites for hydroxylation is 1. The van der Waals surface area contributed by atoms with E-state index in [9.17, 15) is 9.18 Å². The largest absolute Gasteiger partial charge is 0.485 e. The summed E-state index contributed by atoms with van der Waals surface area (Å²) in [7, 11) is 3.00. The van der Waals surface area contributed by atoms with E-state index in [2.05, 4.69) is 15.0 Å². The van der Waals surface area contributed by atoms with Gasteiger partial charge in [0.25, 0.3) is 0 Å². The van der Waals surface area contributed by atoms with Crippen LogP contribution in [0.1, 0.15) is 11.1 Å². The van der Waals surface area contributed by atoms with Gasteiger partial charge in [0, 0.05) is 30.7 Å². The van der Waals surface area contributed by atoms with E-state index in [0.717, 1.165) is 26.3 Å². The Morgan fingerprint density at radius 3 is 2.91 bits per heavy atom. The number of carboxylic acid groups (broad SMARTS) is 1. The number of carbonyl (C=O) groups is 1. The Labute approximate surface area is 186 Å². The molecular formula is C22H19FN4O4S. The summed E-state index contributed by atoms with van der Waals surface area (Å²) in [5.41, 5.74) is 4.43. The van der Waals surface area contributed by atoms with E-state index in [-0.39, 0.29) is 12.3 Å². The lowest BCUT2D eigenvalue weighted by atomic mass is 10.1. The van der Waals surface area contributed by atoms with E-state index in [1.54, 1.807) is 13.3 Å². The first-order valence-electron chi connectivity index (χ1n) is 9.88. The first-order chi connectivity index (χ1) is 15.3. The molecule has 5 rings (SSSR count). The van der Waals surface area contributed by atoms with Crippen molar-refractivity contribution < 1.29 is 23.8 Å². The number of likely N-dealkylation sites (N-methyl/N-ethyl adjacent to an activating group) is 1. The summed E-state index contributed by atoms with van der Waals surface area (Å²) in [5.74, 6) is 0.103. The van der Waals surface area contributed by atoms with Crippen LogP contribution in [0.15, 0.2) is 24.4 Å². The summed E-state index contributed by atoms with van der Waals surface area (Å²) in [6.45, 7) is 2.11. The number of aromatic nitrogens is 3. The van der Waals surface area contributed by atoms with Gasteiger partial charge in [-0.3, -0.25) is 0 Å². The fourth-order valence-electron chi connectivity index (χ4n) is 3.94. The molecule has 0 radical (unpaired) electrons. The highest BCUT2D eigenvalue weighted by Crippen LogP contribution is 2.43. The number of hydrogen-bond donors (Lipinski definition) is 1. The standard InChI is InChI=1S/C22H19FN4O4S/c1-10-4-12(18-15(5-10)25-17(30-3)8-24-18)21-26-16-7-14(23)19-13(20(16)32-21)6-11(31-19)9-27(2)22(28)29/h4-5,7-8,11H,6,9H2,1-3H3,(H,28,29). The minimum Gasteiger partial charge on any atom is -0.485 e. The number of nitrogens with zero attached hydrogens (tertiary/aromatic N) is 4. The number of benzene rings is 2. The molecule has 1 N–H and O–H groups in total. The normalized spacial score (nSPS) is 15.1. The second-order valence-corrected chi connectivity index (χ2v) is 8.73. The van der Waals surface area contributed by atoms with E-state index >= 15 is 0 Å². The van der Waals surface area contributed by atoms with Crippen molar-refractivity contribution in [2.45, 2.75) is 19.4 Å². The molecule has 1 atom stereocenters. The predicted molar refractivity (Wildman–Crippen MR) is 118 cm³/mol. The quantitative estimate of drug-likeness (QED) is 0.492. The van der Waals surface area contributed by atoms with Crippen LogP contribution >= 0.6 is 11.3 Å². The lowest BCUT2D eigenvalue weighted by Gasteiger charge is -2.17. The van der Waals surface area contributed by atoms with E-state index < -0.39 is 18.0 Å². The van der Waals surface area contributed by atoms with Crippen LogP contribution in [0.3, 0.4) is 0 Å². The van der Waals surface area contributed by atoms with Gasteiger partial charge in [-0.05, 0) is 24.6 Å². The van der Waals surface area contributed by atoms with Crippen molar-refractivity contribution in [1.29, 1.82) is 0 Å². The smallest absolute Gasteiger partial charge is 0.407 e. The Hall–Kier alpha value is -3.53. The topological polar surface area (TPSA) is 97.7 Å². The summed E-state index contributed by atoms with van der Waals surface area (Å²) in [4.78, 5) is 26.0. The molecule has 0 saturated heterocycles. The number of rotatable bonds is 4. The van der Waals surface area contributed by atoms with Gasteiger partial charge in [-0.2, -0.15) is 0 Å². The van der Waals surface area contributed by atoms with Crippen molar-refractivity contribution in [3.8, 4) is 22.2 Å². The lowest BCUT2D eigenvalue weighted by Crippen LogP contribution is -2.35. The van der Waals surface area contributed by atoms with E-state index in [1.165, 1.54) is 24.5 Å². The molecule has 1 unspecified atom stereocenters. The molecule has 2 aromatic carbocycles. The fourth-order valence-corrected chi connectivity index (χ4v) is 5.05. The zero-order valence-electron chi connectivity index (χ0n) is 17.5. The summed E-state index contributed by atoms with van der Waals surface area (Å²) < 4.78 is 26.6. The summed E-state index contributed by atoms with van der Waals surface area (Å²) >= 11 is 1.44. The van der Waals surface area contributed by atoms with Crippen LogP contribution in [0.2, 0.25) is 0 Å². The number of hydrogen-bond acceptors (Lipinski definition) is 7. The molecule has 4 aromatic rings. The summed E-state index contributed by atoms with van der Waals surface area (Å²) in [5, 5.41) is 9.83. The highest BCUT2D eigenvalue weighted by Gasteiger charge is 2.31. The molecule has 1 amide bonds. The number of fused-ring (bicyclic) bond motifs is 4. The highest BCUT2D eigenvalue weighted by atomic mass is 32.1. The maximum Gasteiger partial charge on any atom is 0.407 e. The Kier molecular flexibility index (Phi) is 4.81. The molecule has 0 bridgehead atoms. The monoisotopic (exact) mass is 454 g/mol. The van der Waals surface area contributed by atoms with Crippen molar-refractivity contribution in [3.05, 3.63) is 41.3 Å². The van der Waals surface area contributed by atoms with Crippen LogP contribution in [-0.4, -0.2) is 57.9 Å². The maximum atomic E-state index is 14.8. The van der Waals surface area contributed by atoms with Crippen LogP contribution in [0.5, 0.6) is 11.6 Å². The molecular weight excluding hydrogens is 435 g/mol. The van der Waals surface area contributed by atoms with Gasteiger partial charge < -0.3 is 19.5 Å². The van der Waals surface area contributed by atoms with Crippen molar-refractivity contribution in [1.82, 2.24) is 19.9 Å².